The molecule has 166 valence electrons. The monoisotopic (exact) mass is 438 g/mol. The number of nitrogens with zero attached hydrogens (tertiary/aromatic N) is 3. The summed E-state index contributed by atoms with van der Waals surface area (Å²) >= 11 is 0. The van der Waals surface area contributed by atoms with Crippen molar-refractivity contribution in [2.24, 2.45) is 5.10 Å². The average molecular weight is 439 g/mol. The highest BCUT2D eigenvalue weighted by atomic mass is 16.3. The highest BCUT2D eigenvalue weighted by Gasteiger charge is 2.13. The van der Waals surface area contributed by atoms with Gasteiger partial charge in [0.05, 0.1) is 23.0 Å². The maximum atomic E-state index is 13.0. The van der Waals surface area contributed by atoms with Gasteiger partial charge in [0.2, 0.25) is 0 Å². The number of pyridine rings is 1. The van der Waals surface area contributed by atoms with Crippen LogP contribution in [0.3, 0.4) is 0 Å². The van der Waals surface area contributed by atoms with Crippen molar-refractivity contribution >= 4 is 28.7 Å². The van der Waals surface area contributed by atoms with E-state index < -0.39 is 0 Å². The molecule has 0 unspecified atom stereocenters. The van der Waals surface area contributed by atoms with Gasteiger partial charge in [0.15, 0.2) is 0 Å². The highest BCUT2D eigenvalue weighted by molar-refractivity contribution is 6.07. The van der Waals surface area contributed by atoms with Crippen molar-refractivity contribution in [3.63, 3.8) is 0 Å². The predicted molar refractivity (Wildman–Crippen MR) is 134 cm³/mol. The first-order valence-electron chi connectivity index (χ1n) is 11.0. The van der Waals surface area contributed by atoms with Gasteiger partial charge in [0.1, 0.15) is 5.75 Å². The molecule has 1 heterocycles. The molecule has 0 saturated carbocycles. The van der Waals surface area contributed by atoms with E-state index in [0.29, 0.717) is 16.8 Å². The van der Waals surface area contributed by atoms with Crippen molar-refractivity contribution in [3.8, 4) is 17.0 Å². The first kappa shape index (κ1) is 22.0. The van der Waals surface area contributed by atoms with Crippen LogP contribution >= 0.6 is 0 Å². The van der Waals surface area contributed by atoms with Crippen LogP contribution in [0.1, 0.15) is 29.8 Å². The first-order valence-corrected chi connectivity index (χ1v) is 11.0. The van der Waals surface area contributed by atoms with Crippen molar-refractivity contribution in [2.75, 3.05) is 18.0 Å². The number of amides is 1. The Labute approximate surface area is 193 Å². The Balaban J connectivity index is 1.59. The Morgan fingerprint density at radius 3 is 2.45 bits per heavy atom. The predicted octanol–water partition coefficient (Wildman–Crippen LogP) is 5.22. The molecule has 3 aromatic carbocycles. The second kappa shape index (κ2) is 9.96. The third-order valence-corrected chi connectivity index (χ3v) is 5.54. The quantitative estimate of drug-likeness (QED) is 0.306. The number of benzene rings is 3. The van der Waals surface area contributed by atoms with E-state index in [4.69, 9.17) is 4.98 Å². The Morgan fingerprint density at radius 1 is 1.00 bits per heavy atom. The van der Waals surface area contributed by atoms with Crippen LogP contribution in [0.2, 0.25) is 0 Å². The number of phenolic OH excluding ortho intramolecular Hbond substituents is 1. The molecule has 6 heteroatoms. The number of carbonyl (C=O) groups is 1. The summed E-state index contributed by atoms with van der Waals surface area (Å²) in [5.74, 6) is -0.237. The van der Waals surface area contributed by atoms with Crippen molar-refractivity contribution in [1.29, 1.82) is 0 Å². The SMILES string of the molecule is CCN(CC)c1ccc(/C=N/NC(=O)c2cc(-c3ccccc3)nc3ccccc23)c(O)c1. The smallest absolute Gasteiger partial charge is 0.272 e. The van der Waals surface area contributed by atoms with Gasteiger partial charge in [0, 0.05) is 41.4 Å². The van der Waals surface area contributed by atoms with Crippen LogP contribution in [0.5, 0.6) is 5.75 Å². The van der Waals surface area contributed by atoms with Gasteiger partial charge in [-0.25, -0.2) is 10.4 Å². The molecule has 1 aromatic heterocycles. The maximum Gasteiger partial charge on any atom is 0.272 e. The fourth-order valence-electron chi connectivity index (χ4n) is 3.77. The molecular formula is C27H26N4O2. The third-order valence-electron chi connectivity index (χ3n) is 5.54. The van der Waals surface area contributed by atoms with Crippen LogP contribution in [0.15, 0.2) is 84.0 Å². The van der Waals surface area contributed by atoms with Gasteiger partial charge in [-0.1, -0.05) is 48.5 Å². The minimum absolute atomic E-state index is 0.109. The van der Waals surface area contributed by atoms with E-state index in [1.54, 1.807) is 18.2 Å². The zero-order chi connectivity index (χ0) is 23.2. The summed E-state index contributed by atoms with van der Waals surface area (Å²) in [4.78, 5) is 19.9. The number of anilines is 1. The summed E-state index contributed by atoms with van der Waals surface area (Å²) in [7, 11) is 0. The van der Waals surface area contributed by atoms with Crippen LogP contribution in [0, 0.1) is 0 Å². The molecule has 6 nitrogen and oxygen atoms in total. The lowest BCUT2D eigenvalue weighted by Gasteiger charge is -2.21. The molecule has 0 spiro atoms. The van der Waals surface area contributed by atoms with E-state index in [0.717, 1.165) is 35.2 Å². The minimum Gasteiger partial charge on any atom is -0.507 e. The molecule has 0 aliphatic carbocycles. The van der Waals surface area contributed by atoms with E-state index in [2.05, 4.69) is 29.3 Å². The molecule has 2 N–H and O–H groups in total. The summed E-state index contributed by atoms with van der Waals surface area (Å²) in [6, 6.07) is 24.5. The van der Waals surface area contributed by atoms with Gasteiger partial charge in [0.25, 0.3) is 5.91 Å². The Bertz CT molecular complexity index is 1300. The zero-order valence-electron chi connectivity index (χ0n) is 18.7. The van der Waals surface area contributed by atoms with Gasteiger partial charge in [-0.15, -0.1) is 0 Å². The fourth-order valence-corrected chi connectivity index (χ4v) is 3.77. The number of hydrazone groups is 1. The number of fused-ring (bicyclic) bond motifs is 1. The number of aromatic nitrogens is 1. The van der Waals surface area contributed by atoms with Crippen molar-refractivity contribution < 1.29 is 9.90 Å². The number of carbonyl (C=O) groups excluding carboxylic acids is 1. The largest absolute Gasteiger partial charge is 0.507 e. The van der Waals surface area contributed by atoms with Crippen LogP contribution in [0.4, 0.5) is 5.69 Å². The number of hydrogen-bond donors (Lipinski definition) is 2. The lowest BCUT2D eigenvalue weighted by Crippen LogP contribution is -2.21. The molecule has 1 amide bonds. The average Bonchev–Trinajstić information content (AvgIpc) is 2.85. The second-order valence-corrected chi connectivity index (χ2v) is 7.55. The molecule has 0 radical (unpaired) electrons. The van der Waals surface area contributed by atoms with Gasteiger partial charge < -0.3 is 10.0 Å². The zero-order valence-corrected chi connectivity index (χ0v) is 18.7. The molecule has 0 aliphatic rings. The number of para-hydroxylation sites is 1. The van der Waals surface area contributed by atoms with Crippen LogP contribution in [-0.4, -0.2) is 35.3 Å². The number of hydrogen-bond acceptors (Lipinski definition) is 5. The topological polar surface area (TPSA) is 77.8 Å². The lowest BCUT2D eigenvalue weighted by atomic mass is 10.0. The van der Waals surface area contributed by atoms with Crippen molar-refractivity contribution in [3.05, 3.63) is 90.0 Å². The Kier molecular flexibility index (Phi) is 6.64. The normalized spacial score (nSPS) is 11.1. The molecule has 0 aliphatic heterocycles. The van der Waals surface area contributed by atoms with E-state index in [1.807, 2.05) is 60.7 Å². The van der Waals surface area contributed by atoms with Gasteiger partial charge in [-0.05, 0) is 38.1 Å². The van der Waals surface area contributed by atoms with E-state index in [1.165, 1.54) is 6.21 Å². The number of phenols is 1. The number of rotatable bonds is 7. The molecule has 0 saturated heterocycles. The van der Waals surface area contributed by atoms with Gasteiger partial charge in [-0.2, -0.15) is 5.10 Å². The Hall–Kier alpha value is -4.19. The number of aromatic hydroxyl groups is 1. The van der Waals surface area contributed by atoms with Crippen LogP contribution < -0.4 is 10.3 Å². The molecule has 4 rings (SSSR count). The second-order valence-electron chi connectivity index (χ2n) is 7.55. The minimum atomic E-state index is -0.346. The van der Waals surface area contributed by atoms with Crippen LogP contribution in [0.25, 0.3) is 22.2 Å². The first-order chi connectivity index (χ1) is 16.1. The van der Waals surface area contributed by atoms with E-state index >= 15 is 0 Å². The van der Waals surface area contributed by atoms with Gasteiger partial charge >= 0.3 is 0 Å². The highest BCUT2D eigenvalue weighted by Crippen LogP contribution is 2.25. The summed E-state index contributed by atoms with van der Waals surface area (Å²) in [6.45, 7) is 5.84. The molecule has 0 bridgehead atoms. The maximum absolute atomic E-state index is 13.0. The van der Waals surface area contributed by atoms with Crippen molar-refractivity contribution in [2.45, 2.75) is 13.8 Å². The van der Waals surface area contributed by atoms with E-state index in [9.17, 15) is 9.90 Å². The standard InChI is InChI=1S/C27H26N4O2/c1-3-31(4-2)21-15-14-20(26(32)16-21)18-28-30-27(33)23-17-25(19-10-6-5-7-11-19)29-24-13-9-8-12-22(23)24/h5-18,32H,3-4H2,1-2H3,(H,30,33)/b28-18+. The third kappa shape index (κ3) is 4.85. The molecule has 4 aromatic rings. The fraction of sp³-hybridized carbons (Fsp3) is 0.148. The molecule has 33 heavy (non-hydrogen) atoms. The summed E-state index contributed by atoms with van der Waals surface area (Å²) in [6.07, 6.45) is 1.45. The Morgan fingerprint density at radius 2 is 1.73 bits per heavy atom. The van der Waals surface area contributed by atoms with Crippen molar-refractivity contribution in [1.82, 2.24) is 10.4 Å². The summed E-state index contributed by atoms with van der Waals surface area (Å²) < 4.78 is 0. The lowest BCUT2D eigenvalue weighted by molar-refractivity contribution is 0.0956. The number of nitrogens with one attached hydrogen (secondary N) is 1. The summed E-state index contributed by atoms with van der Waals surface area (Å²) in [5, 5.41) is 15.2. The molecule has 0 fully saturated rings. The molecular weight excluding hydrogens is 412 g/mol. The van der Waals surface area contributed by atoms with Crippen LogP contribution in [-0.2, 0) is 0 Å². The van der Waals surface area contributed by atoms with Gasteiger partial charge in [-0.3, -0.25) is 4.79 Å². The molecule has 0 atom stereocenters. The van der Waals surface area contributed by atoms with E-state index in [-0.39, 0.29) is 11.7 Å². The summed E-state index contributed by atoms with van der Waals surface area (Å²) in [5.41, 5.74) is 6.91.